The van der Waals surface area contributed by atoms with E-state index >= 15 is 0 Å². The zero-order chi connectivity index (χ0) is 22.8. The average Bonchev–Trinajstić information content (AvgIpc) is 3.34. The summed E-state index contributed by atoms with van der Waals surface area (Å²) < 4.78 is 1.88. The molecular weight excluding hydrogens is 414 g/mol. The van der Waals surface area contributed by atoms with Crippen LogP contribution in [0, 0.1) is 0 Å². The molecule has 33 heavy (non-hydrogen) atoms. The summed E-state index contributed by atoms with van der Waals surface area (Å²) in [6.45, 7) is 6.70. The Labute approximate surface area is 192 Å². The Hall–Kier alpha value is -3.65. The third-order valence-corrected chi connectivity index (χ3v) is 6.15. The van der Waals surface area contributed by atoms with Gasteiger partial charge in [0.1, 0.15) is 5.82 Å². The maximum atomic E-state index is 13.0. The number of likely N-dealkylation sites (N-methyl/N-ethyl adjacent to an activating group) is 1. The molecule has 168 valence electrons. The predicted octanol–water partition coefficient (Wildman–Crippen LogP) is 3.09. The minimum Gasteiger partial charge on any atom is -0.354 e. The molecule has 1 fully saturated rings. The molecular formula is C25H27N7O. The van der Waals surface area contributed by atoms with Gasteiger partial charge in [0.15, 0.2) is 5.78 Å². The molecule has 1 aliphatic heterocycles. The number of carbonyl (C=O) groups is 1. The average molecular weight is 442 g/mol. The largest absolute Gasteiger partial charge is 0.354 e. The molecule has 0 N–H and O–H groups in total. The number of pyridine rings is 3. The van der Waals surface area contributed by atoms with Crippen LogP contribution in [0.3, 0.4) is 0 Å². The molecule has 1 saturated heterocycles. The quantitative estimate of drug-likeness (QED) is 0.425. The SMILES string of the molecule is CCn1cc(-c2cc3cc(CC(=O)c4ccnc(N5CCN(C)CC5)c4)ncc3cn2)cn1. The van der Waals surface area contributed by atoms with E-state index in [0.717, 1.165) is 66.3 Å². The van der Waals surface area contributed by atoms with Crippen LogP contribution in [0.1, 0.15) is 23.0 Å². The summed E-state index contributed by atoms with van der Waals surface area (Å²) in [4.78, 5) is 31.1. The van der Waals surface area contributed by atoms with Gasteiger partial charge in [0.05, 0.1) is 18.3 Å². The minimum absolute atomic E-state index is 0.0399. The van der Waals surface area contributed by atoms with Crippen LogP contribution in [0.2, 0.25) is 0 Å². The number of hydrogen-bond donors (Lipinski definition) is 0. The number of hydrogen-bond acceptors (Lipinski definition) is 7. The summed E-state index contributed by atoms with van der Waals surface area (Å²) in [7, 11) is 2.12. The molecule has 0 radical (unpaired) electrons. The van der Waals surface area contributed by atoms with Crippen molar-refractivity contribution in [1.82, 2.24) is 29.6 Å². The van der Waals surface area contributed by atoms with Gasteiger partial charge in [0, 0.05) is 79.7 Å². The first-order chi connectivity index (χ1) is 16.1. The first-order valence-electron chi connectivity index (χ1n) is 11.3. The molecule has 0 bridgehead atoms. The molecule has 0 saturated carbocycles. The van der Waals surface area contributed by atoms with Crippen LogP contribution in [0.5, 0.6) is 0 Å². The Morgan fingerprint density at radius 3 is 2.58 bits per heavy atom. The highest BCUT2D eigenvalue weighted by Gasteiger charge is 2.17. The number of anilines is 1. The predicted molar refractivity (Wildman–Crippen MR) is 128 cm³/mol. The molecule has 0 atom stereocenters. The lowest BCUT2D eigenvalue weighted by Crippen LogP contribution is -2.44. The van der Waals surface area contributed by atoms with Gasteiger partial charge in [-0.05, 0) is 43.6 Å². The van der Waals surface area contributed by atoms with Crippen molar-refractivity contribution < 1.29 is 4.79 Å². The Morgan fingerprint density at radius 1 is 0.970 bits per heavy atom. The van der Waals surface area contributed by atoms with Crippen LogP contribution in [-0.2, 0) is 13.0 Å². The number of carbonyl (C=O) groups excluding carboxylic acids is 1. The monoisotopic (exact) mass is 441 g/mol. The third kappa shape index (κ3) is 4.61. The first-order valence-corrected chi connectivity index (χ1v) is 11.3. The summed E-state index contributed by atoms with van der Waals surface area (Å²) in [5.41, 5.74) is 3.24. The van der Waals surface area contributed by atoms with Gasteiger partial charge >= 0.3 is 0 Å². The van der Waals surface area contributed by atoms with E-state index in [9.17, 15) is 4.79 Å². The summed E-state index contributed by atoms with van der Waals surface area (Å²) in [6, 6.07) is 7.70. The standard InChI is InChI=1S/C25H27N7O/c1-3-32-17-21(16-29-32)23-11-19-10-22(27-14-20(19)15-28-23)13-24(33)18-4-5-26-25(12-18)31-8-6-30(2)7-9-31/h4-5,10-12,14-17H,3,6-9,13H2,1-2H3. The van der Waals surface area contributed by atoms with Crippen molar-refractivity contribution >= 4 is 22.4 Å². The fourth-order valence-electron chi connectivity index (χ4n) is 4.07. The van der Waals surface area contributed by atoms with E-state index in [0.29, 0.717) is 5.56 Å². The first kappa shape index (κ1) is 21.2. The molecule has 4 aromatic rings. The molecule has 0 aliphatic carbocycles. The van der Waals surface area contributed by atoms with Crippen molar-refractivity contribution in [2.45, 2.75) is 19.9 Å². The highest BCUT2D eigenvalue weighted by molar-refractivity contribution is 5.98. The second-order valence-corrected chi connectivity index (χ2v) is 8.47. The van der Waals surface area contributed by atoms with E-state index in [4.69, 9.17) is 0 Å². The summed E-state index contributed by atoms with van der Waals surface area (Å²) >= 11 is 0. The molecule has 5 rings (SSSR count). The van der Waals surface area contributed by atoms with Crippen LogP contribution < -0.4 is 4.90 Å². The van der Waals surface area contributed by atoms with Gasteiger partial charge in [-0.15, -0.1) is 0 Å². The zero-order valence-corrected chi connectivity index (χ0v) is 19.0. The van der Waals surface area contributed by atoms with E-state index in [-0.39, 0.29) is 12.2 Å². The molecule has 4 aromatic heterocycles. The number of nitrogens with zero attached hydrogens (tertiary/aromatic N) is 7. The number of piperazine rings is 1. The second kappa shape index (κ2) is 9.07. The van der Waals surface area contributed by atoms with Crippen LogP contribution in [0.15, 0.2) is 55.2 Å². The number of ketones is 1. The maximum absolute atomic E-state index is 13.0. The van der Waals surface area contributed by atoms with Crippen molar-refractivity contribution in [3.63, 3.8) is 0 Å². The van der Waals surface area contributed by atoms with Gasteiger partial charge < -0.3 is 9.80 Å². The summed E-state index contributed by atoms with van der Waals surface area (Å²) in [6.07, 6.45) is 9.38. The number of aryl methyl sites for hydroxylation is 1. The van der Waals surface area contributed by atoms with Gasteiger partial charge in [0.2, 0.25) is 0 Å². The Balaban J connectivity index is 1.35. The van der Waals surface area contributed by atoms with Crippen LogP contribution in [-0.4, -0.2) is 68.6 Å². The Bertz CT molecular complexity index is 1290. The molecule has 0 spiro atoms. The molecule has 1 aliphatic rings. The number of fused-ring (bicyclic) bond motifs is 1. The maximum Gasteiger partial charge on any atom is 0.169 e. The highest BCUT2D eigenvalue weighted by atomic mass is 16.1. The van der Waals surface area contributed by atoms with E-state index in [1.807, 2.05) is 41.5 Å². The van der Waals surface area contributed by atoms with Crippen LogP contribution >= 0.6 is 0 Å². The number of rotatable bonds is 6. The summed E-state index contributed by atoms with van der Waals surface area (Å²) in [5.74, 6) is 0.905. The smallest absolute Gasteiger partial charge is 0.169 e. The highest BCUT2D eigenvalue weighted by Crippen LogP contribution is 2.23. The van der Waals surface area contributed by atoms with Gasteiger partial charge in [-0.3, -0.25) is 19.4 Å². The van der Waals surface area contributed by atoms with Crippen molar-refractivity contribution in [2.75, 3.05) is 38.1 Å². The van der Waals surface area contributed by atoms with Gasteiger partial charge in [0.25, 0.3) is 0 Å². The third-order valence-electron chi connectivity index (χ3n) is 6.15. The summed E-state index contributed by atoms with van der Waals surface area (Å²) in [5, 5.41) is 6.29. The van der Waals surface area contributed by atoms with Gasteiger partial charge in [-0.25, -0.2) is 4.98 Å². The number of aromatic nitrogens is 5. The zero-order valence-electron chi connectivity index (χ0n) is 19.0. The normalized spacial score (nSPS) is 14.7. The van der Waals surface area contributed by atoms with E-state index in [1.165, 1.54) is 0 Å². The van der Waals surface area contributed by atoms with E-state index in [1.54, 1.807) is 18.5 Å². The van der Waals surface area contributed by atoms with Crippen molar-refractivity contribution in [2.24, 2.45) is 0 Å². The van der Waals surface area contributed by atoms with E-state index in [2.05, 4.69) is 43.8 Å². The lowest BCUT2D eigenvalue weighted by Gasteiger charge is -2.33. The lowest BCUT2D eigenvalue weighted by molar-refractivity contribution is 0.0992. The van der Waals surface area contributed by atoms with Crippen LogP contribution in [0.25, 0.3) is 22.0 Å². The molecule has 0 aromatic carbocycles. The fourth-order valence-corrected chi connectivity index (χ4v) is 4.07. The molecule has 8 nitrogen and oxygen atoms in total. The molecule has 5 heterocycles. The topological polar surface area (TPSA) is 80.0 Å². The van der Waals surface area contributed by atoms with Gasteiger partial charge in [-0.2, -0.15) is 5.10 Å². The molecule has 0 amide bonds. The van der Waals surface area contributed by atoms with Crippen molar-refractivity contribution in [3.05, 3.63) is 66.5 Å². The van der Waals surface area contributed by atoms with E-state index < -0.39 is 0 Å². The number of Topliss-reactive ketones (excluding diaryl/α,β-unsaturated/α-hetero) is 1. The minimum atomic E-state index is 0.0399. The van der Waals surface area contributed by atoms with Crippen LogP contribution in [0.4, 0.5) is 5.82 Å². The van der Waals surface area contributed by atoms with Crippen molar-refractivity contribution in [1.29, 1.82) is 0 Å². The lowest BCUT2D eigenvalue weighted by atomic mass is 10.0. The Kier molecular flexibility index (Phi) is 5.83. The van der Waals surface area contributed by atoms with Gasteiger partial charge in [-0.1, -0.05) is 0 Å². The Morgan fingerprint density at radius 2 is 1.79 bits per heavy atom. The molecule has 8 heteroatoms. The fraction of sp³-hybridized carbons (Fsp3) is 0.320. The molecule has 0 unspecified atom stereocenters. The second-order valence-electron chi connectivity index (χ2n) is 8.47. The van der Waals surface area contributed by atoms with Crippen molar-refractivity contribution in [3.8, 4) is 11.3 Å².